The molecule has 0 aliphatic carbocycles. The van der Waals surface area contributed by atoms with Crippen molar-refractivity contribution in [2.45, 2.75) is 26.5 Å². The highest BCUT2D eigenvalue weighted by Gasteiger charge is 2.18. The molecule has 1 aromatic carbocycles. The Hall–Kier alpha value is -2.39. The van der Waals surface area contributed by atoms with Crippen LogP contribution < -0.4 is 16.0 Å². The molecule has 0 aliphatic heterocycles. The Balaban J connectivity index is 1.81. The van der Waals surface area contributed by atoms with Gasteiger partial charge in [0.2, 0.25) is 0 Å². The second kappa shape index (κ2) is 7.08. The van der Waals surface area contributed by atoms with Gasteiger partial charge in [-0.15, -0.1) is 0 Å². The number of aryl methyl sites for hydroxylation is 3. The molecule has 2 N–H and O–H groups in total. The molecule has 0 saturated heterocycles. The van der Waals surface area contributed by atoms with Crippen molar-refractivity contribution in [1.82, 2.24) is 19.1 Å². The number of ether oxygens (including phenoxy) is 1. The van der Waals surface area contributed by atoms with Crippen LogP contribution in [0, 0.1) is 13.8 Å². The van der Waals surface area contributed by atoms with Crippen LogP contribution in [-0.2, 0) is 13.6 Å². The summed E-state index contributed by atoms with van der Waals surface area (Å²) in [5.74, 6) is 0.668. The summed E-state index contributed by atoms with van der Waals surface area (Å²) in [5, 5.41) is 10.3. The van der Waals surface area contributed by atoms with Crippen molar-refractivity contribution in [2.75, 3.05) is 6.61 Å². The number of hydrogen-bond donors (Lipinski definition) is 2. The SMILES string of the molecule is Cc1ccc(OC[C@@H](O)Cn2c(Br)nc3c2c(=O)[nH]c(=O)n3C)cc1C. The molecule has 2 aromatic heterocycles. The monoisotopic (exact) mass is 422 g/mol. The van der Waals surface area contributed by atoms with Crippen molar-refractivity contribution in [3.05, 3.63) is 54.9 Å². The molecule has 26 heavy (non-hydrogen) atoms. The highest BCUT2D eigenvalue weighted by atomic mass is 79.9. The van der Waals surface area contributed by atoms with Crippen molar-refractivity contribution in [3.8, 4) is 5.75 Å². The molecule has 0 spiro atoms. The van der Waals surface area contributed by atoms with Gasteiger partial charge in [0, 0.05) is 7.05 Å². The first kappa shape index (κ1) is 18.4. The van der Waals surface area contributed by atoms with E-state index in [1.807, 2.05) is 32.0 Å². The Morgan fingerprint density at radius 1 is 1.31 bits per heavy atom. The van der Waals surface area contributed by atoms with E-state index in [4.69, 9.17) is 4.74 Å². The van der Waals surface area contributed by atoms with Crippen molar-refractivity contribution >= 4 is 27.1 Å². The highest BCUT2D eigenvalue weighted by molar-refractivity contribution is 9.10. The maximum atomic E-state index is 12.2. The predicted molar refractivity (Wildman–Crippen MR) is 101 cm³/mol. The smallest absolute Gasteiger partial charge is 0.329 e. The van der Waals surface area contributed by atoms with Gasteiger partial charge in [-0.3, -0.25) is 14.3 Å². The van der Waals surface area contributed by atoms with Gasteiger partial charge in [0.1, 0.15) is 18.5 Å². The quantitative estimate of drug-likeness (QED) is 0.602. The van der Waals surface area contributed by atoms with E-state index in [2.05, 4.69) is 25.9 Å². The molecule has 3 aromatic rings. The second-order valence-corrected chi connectivity index (χ2v) is 6.90. The summed E-state index contributed by atoms with van der Waals surface area (Å²) >= 11 is 3.28. The fourth-order valence-electron chi connectivity index (χ4n) is 2.63. The van der Waals surface area contributed by atoms with Crippen molar-refractivity contribution < 1.29 is 9.84 Å². The number of imidazole rings is 1. The number of rotatable bonds is 5. The van der Waals surface area contributed by atoms with E-state index in [1.54, 1.807) is 0 Å². The summed E-state index contributed by atoms with van der Waals surface area (Å²) in [6, 6.07) is 5.71. The first-order chi connectivity index (χ1) is 12.3. The van der Waals surface area contributed by atoms with E-state index >= 15 is 0 Å². The van der Waals surface area contributed by atoms with E-state index in [1.165, 1.54) is 16.2 Å². The summed E-state index contributed by atoms with van der Waals surface area (Å²) in [4.78, 5) is 30.3. The number of H-pyrrole nitrogens is 1. The standard InChI is InChI=1S/C17H19BrN4O4/c1-9-4-5-12(6-10(9)2)26-8-11(23)7-22-13-14(19-16(22)18)21(3)17(25)20-15(13)24/h4-6,11,23H,7-8H2,1-3H3,(H,20,24,25)/t11-/m0/s1. The van der Waals surface area contributed by atoms with E-state index in [-0.39, 0.29) is 24.3 Å². The van der Waals surface area contributed by atoms with Crippen molar-refractivity contribution in [2.24, 2.45) is 7.05 Å². The number of nitrogens with zero attached hydrogens (tertiary/aromatic N) is 3. The minimum atomic E-state index is -0.873. The molecule has 0 radical (unpaired) electrons. The van der Waals surface area contributed by atoms with E-state index in [0.717, 1.165) is 11.1 Å². The topological polar surface area (TPSA) is 102 Å². The average Bonchev–Trinajstić information content (AvgIpc) is 2.91. The molecule has 138 valence electrons. The number of aliphatic hydroxyl groups is 1. The molecule has 8 nitrogen and oxygen atoms in total. The lowest BCUT2D eigenvalue weighted by molar-refractivity contribution is 0.0928. The zero-order chi connectivity index (χ0) is 19.0. The van der Waals surface area contributed by atoms with Crippen LogP contribution in [0.25, 0.3) is 11.2 Å². The van der Waals surface area contributed by atoms with Gasteiger partial charge >= 0.3 is 5.69 Å². The lowest BCUT2D eigenvalue weighted by atomic mass is 10.1. The molecule has 0 saturated carbocycles. The lowest BCUT2D eigenvalue weighted by Gasteiger charge is -2.14. The normalized spacial score (nSPS) is 12.5. The molecule has 3 rings (SSSR count). The van der Waals surface area contributed by atoms with Crippen LogP contribution in [0.1, 0.15) is 11.1 Å². The van der Waals surface area contributed by atoms with Gasteiger partial charge in [-0.05, 0) is 53.0 Å². The molecule has 2 heterocycles. The summed E-state index contributed by atoms with van der Waals surface area (Å²) in [6.07, 6.45) is -0.873. The number of nitrogens with one attached hydrogen (secondary N) is 1. The molecule has 1 atom stereocenters. The number of hydrogen-bond acceptors (Lipinski definition) is 5. The molecular weight excluding hydrogens is 404 g/mol. The maximum Gasteiger partial charge on any atom is 0.329 e. The summed E-state index contributed by atoms with van der Waals surface area (Å²) in [7, 11) is 1.52. The third-order valence-corrected chi connectivity index (χ3v) is 4.88. The van der Waals surface area contributed by atoms with Gasteiger partial charge in [-0.1, -0.05) is 6.07 Å². The fourth-order valence-corrected chi connectivity index (χ4v) is 3.12. The molecule has 0 bridgehead atoms. The van der Waals surface area contributed by atoms with E-state index in [9.17, 15) is 14.7 Å². The third kappa shape index (κ3) is 3.45. The average molecular weight is 423 g/mol. The maximum absolute atomic E-state index is 12.2. The van der Waals surface area contributed by atoms with Crippen LogP contribution in [0.3, 0.4) is 0 Å². The van der Waals surface area contributed by atoms with Crippen LogP contribution >= 0.6 is 15.9 Å². The first-order valence-corrected chi connectivity index (χ1v) is 8.80. The number of benzene rings is 1. The molecule has 0 unspecified atom stereocenters. The molecule has 9 heteroatoms. The van der Waals surface area contributed by atoms with Crippen LogP contribution in [-0.4, -0.2) is 36.9 Å². The Morgan fingerprint density at radius 2 is 2.04 bits per heavy atom. The summed E-state index contributed by atoms with van der Waals surface area (Å²) < 4.78 is 8.75. The summed E-state index contributed by atoms with van der Waals surface area (Å²) in [5.41, 5.74) is 1.63. The van der Waals surface area contributed by atoms with Crippen LogP contribution in [0.15, 0.2) is 32.5 Å². The predicted octanol–water partition coefficient (Wildman–Crippen LogP) is 1.24. The minimum absolute atomic E-state index is 0.0539. The fraction of sp³-hybridized carbons (Fsp3) is 0.353. The van der Waals surface area contributed by atoms with Gasteiger partial charge in [-0.2, -0.15) is 0 Å². The van der Waals surface area contributed by atoms with E-state index < -0.39 is 17.4 Å². The highest BCUT2D eigenvalue weighted by Crippen LogP contribution is 2.18. The van der Waals surface area contributed by atoms with Gasteiger partial charge in [0.15, 0.2) is 15.9 Å². The Morgan fingerprint density at radius 3 is 2.73 bits per heavy atom. The number of aliphatic hydroxyl groups excluding tert-OH is 1. The minimum Gasteiger partial charge on any atom is -0.491 e. The lowest BCUT2D eigenvalue weighted by Crippen LogP contribution is -2.30. The van der Waals surface area contributed by atoms with Gasteiger partial charge in [0.25, 0.3) is 5.56 Å². The third-order valence-electron chi connectivity index (χ3n) is 4.27. The summed E-state index contributed by atoms with van der Waals surface area (Å²) in [6.45, 7) is 4.14. The van der Waals surface area contributed by atoms with Gasteiger partial charge in [0.05, 0.1) is 6.54 Å². The molecule has 0 fully saturated rings. The Bertz CT molecular complexity index is 1080. The number of aromatic amines is 1. The zero-order valence-corrected chi connectivity index (χ0v) is 16.2. The molecule has 0 aliphatic rings. The number of fused-ring (bicyclic) bond motifs is 1. The zero-order valence-electron chi connectivity index (χ0n) is 14.6. The van der Waals surface area contributed by atoms with Crippen LogP contribution in [0.4, 0.5) is 0 Å². The molecule has 0 amide bonds. The van der Waals surface area contributed by atoms with Gasteiger partial charge in [-0.25, -0.2) is 9.78 Å². The Kier molecular flexibility index (Phi) is 5.01. The largest absolute Gasteiger partial charge is 0.491 e. The Labute approximate surface area is 157 Å². The van der Waals surface area contributed by atoms with Crippen molar-refractivity contribution in [3.63, 3.8) is 0 Å². The van der Waals surface area contributed by atoms with Gasteiger partial charge < -0.3 is 14.4 Å². The van der Waals surface area contributed by atoms with Crippen LogP contribution in [0.2, 0.25) is 0 Å². The number of aromatic nitrogens is 4. The van der Waals surface area contributed by atoms with Crippen molar-refractivity contribution in [1.29, 1.82) is 0 Å². The second-order valence-electron chi connectivity index (χ2n) is 6.19. The molecular formula is C17H19BrN4O4. The first-order valence-electron chi connectivity index (χ1n) is 8.01. The van der Waals surface area contributed by atoms with Crippen LogP contribution in [0.5, 0.6) is 5.75 Å². The number of halogens is 1. The van der Waals surface area contributed by atoms with E-state index in [0.29, 0.717) is 10.5 Å².